The average Bonchev–Trinajstić information content (AvgIpc) is 2.84. The van der Waals surface area contributed by atoms with E-state index in [0.29, 0.717) is 24.6 Å². The molecule has 2 aliphatic heterocycles. The van der Waals surface area contributed by atoms with Gasteiger partial charge in [-0.3, -0.25) is 9.69 Å². The molecular weight excluding hydrogens is 448 g/mol. The van der Waals surface area contributed by atoms with Gasteiger partial charge in [-0.25, -0.2) is 8.42 Å². The first-order valence-electron chi connectivity index (χ1n) is 11.7. The Morgan fingerprint density at radius 3 is 2.35 bits per heavy atom. The molecule has 1 spiro atoms. The number of ether oxygens (including phenoxy) is 1. The zero-order valence-electron chi connectivity index (χ0n) is 19.4. The van der Waals surface area contributed by atoms with Gasteiger partial charge in [0.25, 0.3) is 5.91 Å². The van der Waals surface area contributed by atoms with Crippen LogP contribution in [0.3, 0.4) is 0 Å². The van der Waals surface area contributed by atoms with Gasteiger partial charge in [-0.05, 0) is 53.4 Å². The van der Waals surface area contributed by atoms with Crippen LogP contribution in [0.5, 0.6) is 0 Å². The summed E-state index contributed by atoms with van der Waals surface area (Å²) in [5, 5.41) is 2.22. The number of carbonyl (C=O) groups excluding carboxylic acids is 1. The van der Waals surface area contributed by atoms with Gasteiger partial charge in [0.05, 0.1) is 17.1 Å². The van der Waals surface area contributed by atoms with Crippen LogP contribution >= 0.6 is 0 Å². The molecule has 0 aliphatic carbocycles. The molecule has 2 saturated heterocycles. The van der Waals surface area contributed by atoms with Gasteiger partial charge in [-0.1, -0.05) is 42.5 Å². The average molecular weight is 479 g/mol. The van der Waals surface area contributed by atoms with Crippen molar-refractivity contribution in [2.45, 2.75) is 29.9 Å². The van der Waals surface area contributed by atoms with Crippen LogP contribution in [0, 0.1) is 0 Å². The van der Waals surface area contributed by atoms with Crippen molar-refractivity contribution in [3.05, 3.63) is 77.9 Å². The van der Waals surface area contributed by atoms with Crippen LogP contribution in [0.25, 0.3) is 10.8 Å². The molecule has 0 unspecified atom stereocenters. The molecule has 0 radical (unpaired) electrons. The topological polar surface area (TPSA) is 66.9 Å². The molecule has 178 valence electrons. The molecule has 3 aromatic rings. The third kappa shape index (κ3) is 4.87. The lowest BCUT2D eigenvalue weighted by Crippen LogP contribution is -2.57. The standard InChI is InChI=1S/C27H30N2O4S/c1-34(31,32)25-10-6-21(7-11-25)19-28-16-17-33-27(20-28)12-14-29(15-13-27)26(30)24-9-8-22-4-2-3-5-23(22)18-24/h2-11,18H,12-17,19-20H2,1H3. The molecule has 0 aromatic heterocycles. The van der Waals surface area contributed by atoms with Crippen molar-refractivity contribution in [2.75, 3.05) is 39.0 Å². The quantitative estimate of drug-likeness (QED) is 0.571. The number of fused-ring (bicyclic) bond motifs is 1. The second kappa shape index (κ2) is 9.13. The molecular formula is C27H30N2O4S. The number of likely N-dealkylation sites (tertiary alicyclic amines) is 1. The summed E-state index contributed by atoms with van der Waals surface area (Å²) >= 11 is 0. The first kappa shape index (κ1) is 23.0. The number of nitrogens with zero attached hydrogens (tertiary/aromatic N) is 2. The van der Waals surface area contributed by atoms with Gasteiger partial charge in [0.1, 0.15) is 0 Å². The molecule has 2 heterocycles. The summed E-state index contributed by atoms with van der Waals surface area (Å²) in [5.74, 6) is 0.0826. The highest BCUT2D eigenvalue weighted by molar-refractivity contribution is 7.90. The van der Waals surface area contributed by atoms with E-state index >= 15 is 0 Å². The number of morpholine rings is 1. The summed E-state index contributed by atoms with van der Waals surface area (Å²) in [4.78, 5) is 17.8. The van der Waals surface area contributed by atoms with Gasteiger partial charge in [0, 0.05) is 44.5 Å². The van der Waals surface area contributed by atoms with Crippen LogP contribution < -0.4 is 0 Å². The van der Waals surface area contributed by atoms with E-state index in [2.05, 4.69) is 11.0 Å². The second-order valence-electron chi connectivity index (χ2n) is 9.51. The largest absolute Gasteiger partial charge is 0.372 e. The number of benzene rings is 3. The van der Waals surface area contributed by atoms with Gasteiger partial charge >= 0.3 is 0 Å². The Hall–Kier alpha value is -2.74. The second-order valence-corrected chi connectivity index (χ2v) is 11.5. The molecule has 2 fully saturated rings. The summed E-state index contributed by atoms with van der Waals surface area (Å²) in [6.45, 7) is 4.45. The minimum absolute atomic E-state index is 0.0826. The van der Waals surface area contributed by atoms with E-state index in [4.69, 9.17) is 4.74 Å². The monoisotopic (exact) mass is 478 g/mol. The van der Waals surface area contributed by atoms with Gasteiger partial charge in [0.15, 0.2) is 9.84 Å². The van der Waals surface area contributed by atoms with Crippen molar-refractivity contribution in [3.63, 3.8) is 0 Å². The van der Waals surface area contributed by atoms with Crippen LogP contribution in [-0.4, -0.2) is 68.8 Å². The lowest BCUT2D eigenvalue weighted by Gasteiger charge is -2.47. The van der Waals surface area contributed by atoms with E-state index in [1.54, 1.807) is 12.1 Å². The SMILES string of the molecule is CS(=O)(=O)c1ccc(CN2CCOC3(CCN(C(=O)c4ccc5ccccc5c4)CC3)C2)cc1. The van der Waals surface area contributed by atoms with Crippen LogP contribution in [0.15, 0.2) is 71.6 Å². The fraction of sp³-hybridized carbons (Fsp3) is 0.370. The van der Waals surface area contributed by atoms with Crippen LogP contribution in [0.1, 0.15) is 28.8 Å². The highest BCUT2D eigenvalue weighted by Crippen LogP contribution is 2.31. The minimum atomic E-state index is -3.18. The number of sulfone groups is 1. The van der Waals surface area contributed by atoms with Crippen LogP contribution in [0.2, 0.25) is 0 Å². The van der Waals surface area contributed by atoms with Gasteiger partial charge in [0.2, 0.25) is 0 Å². The Balaban J connectivity index is 1.21. The Kier molecular flexibility index (Phi) is 6.18. The molecule has 34 heavy (non-hydrogen) atoms. The van der Waals surface area contributed by atoms with Crippen molar-refractivity contribution < 1.29 is 17.9 Å². The lowest BCUT2D eigenvalue weighted by molar-refractivity contribution is -0.134. The maximum Gasteiger partial charge on any atom is 0.253 e. The van der Waals surface area contributed by atoms with E-state index in [-0.39, 0.29) is 11.5 Å². The lowest BCUT2D eigenvalue weighted by atomic mass is 9.88. The van der Waals surface area contributed by atoms with Crippen molar-refractivity contribution in [1.29, 1.82) is 0 Å². The summed E-state index contributed by atoms with van der Waals surface area (Å²) in [6.07, 6.45) is 2.86. The maximum atomic E-state index is 13.2. The van der Waals surface area contributed by atoms with E-state index in [9.17, 15) is 13.2 Å². The van der Waals surface area contributed by atoms with Crippen molar-refractivity contribution in [3.8, 4) is 0 Å². The molecule has 5 rings (SSSR count). The summed E-state index contributed by atoms with van der Waals surface area (Å²) in [7, 11) is -3.18. The molecule has 7 heteroatoms. The molecule has 1 amide bonds. The summed E-state index contributed by atoms with van der Waals surface area (Å²) < 4.78 is 29.7. The Morgan fingerprint density at radius 2 is 1.65 bits per heavy atom. The van der Waals surface area contributed by atoms with Crippen LogP contribution in [0.4, 0.5) is 0 Å². The number of hydrogen-bond donors (Lipinski definition) is 0. The van der Waals surface area contributed by atoms with Gasteiger partial charge in [-0.2, -0.15) is 0 Å². The zero-order chi connectivity index (χ0) is 23.8. The summed E-state index contributed by atoms with van der Waals surface area (Å²) in [6, 6.07) is 21.1. The molecule has 0 bridgehead atoms. The third-order valence-corrected chi connectivity index (χ3v) is 8.17. The van der Waals surface area contributed by atoms with Crippen LogP contribution in [-0.2, 0) is 21.1 Å². The van der Waals surface area contributed by atoms with Gasteiger partial charge in [-0.15, -0.1) is 0 Å². The third-order valence-electron chi connectivity index (χ3n) is 7.04. The fourth-order valence-electron chi connectivity index (χ4n) is 5.08. The van der Waals surface area contributed by atoms with E-state index in [1.807, 2.05) is 53.4 Å². The maximum absolute atomic E-state index is 13.2. The normalized spacial score (nSPS) is 18.9. The number of carbonyl (C=O) groups is 1. The molecule has 2 aliphatic rings. The Bertz CT molecular complexity index is 1300. The molecule has 0 saturated carbocycles. The van der Waals surface area contributed by atoms with E-state index in [1.165, 1.54) is 6.26 Å². The molecule has 3 aromatic carbocycles. The predicted octanol–water partition coefficient (Wildman–Crippen LogP) is 3.75. The van der Waals surface area contributed by atoms with Gasteiger partial charge < -0.3 is 9.64 Å². The molecule has 0 N–H and O–H groups in total. The Labute approximate surface area is 201 Å². The van der Waals surface area contributed by atoms with Crippen molar-refractivity contribution in [1.82, 2.24) is 9.80 Å². The number of piperidine rings is 1. The van der Waals surface area contributed by atoms with E-state index in [0.717, 1.165) is 54.4 Å². The highest BCUT2D eigenvalue weighted by atomic mass is 32.2. The number of amides is 1. The van der Waals surface area contributed by atoms with Crippen molar-refractivity contribution in [2.24, 2.45) is 0 Å². The first-order chi connectivity index (χ1) is 16.3. The molecule has 6 nitrogen and oxygen atoms in total. The predicted molar refractivity (Wildman–Crippen MR) is 133 cm³/mol. The summed E-state index contributed by atoms with van der Waals surface area (Å²) in [5.41, 5.74) is 1.59. The van der Waals surface area contributed by atoms with E-state index < -0.39 is 9.84 Å². The highest BCUT2D eigenvalue weighted by Gasteiger charge is 2.40. The van der Waals surface area contributed by atoms with Crippen molar-refractivity contribution >= 4 is 26.5 Å². The molecule has 0 atom stereocenters. The minimum Gasteiger partial charge on any atom is -0.372 e. The number of hydrogen-bond acceptors (Lipinski definition) is 5. The Morgan fingerprint density at radius 1 is 0.941 bits per heavy atom. The first-order valence-corrected chi connectivity index (χ1v) is 13.6. The zero-order valence-corrected chi connectivity index (χ0v) is 20.3. The fourth-order valence-corrected chi connectivity index (χ4v) is 5.71. The smallest absolute Gasteiger partial charge is 0.253 e. The number of rotatable bonds is 4.